The van der Waals surface area contributed by atoms with Crippen LogP contribution in [0.2, 0.25) is 0 Å². The topological polar surface area (TPSA) is 88.9 Å². The summed E-state index contributed by atoms with van der Waals surface area (Å²) in [6, 6.07) is 1.31. The maximum atomic E-state index is 12.6. The fourth-order valence-electron chi connectivity index (χ4n) is 2.18. The van der Waals surface area contributed by atoms with Crippen LogP contribution >= 0.6 is 0 Å². The van der Waals surface area contributed by atoms with E-state index in [4.69, 9.17) is 4.42 Å². The van der Waals surface area contributed by atoms with Crippen molar-refractivity contribution in [3.8, 4) is 0 Å². The van der Waals surface area contributed by atoms with Gasteiger partial charge in [-0.05, 0) is 13.8 Å². The van der Waals surface area contributed by atoms with E-state index >= 15 is 0 Å². The number of hydrogen-bond donors (Lipinski definition) is 1. The van der Waals surface area contributed by atoms with E-state index in [1.54, 1.807) is 0 Å². The van der Waals surface area contributed by atoms with Crippen LogP contribution in [0, 0.1) is 6.92 Å². The zero-order valence-electron chi connectivity index (χ0n) is 11.7. The van der Waals surface area contributed by atoms with Gasteiger partial charge in [0.1, 0.15) is 10.7 Å². The molecule has 1 atom stereocenters. The van der Waals surface area contributed by atoms with Gasteiger partial charge >= 0.3 is 5.97 Å². The number of carbonyl (C=O) groups excluding carboxylic acids is 1. The van der Waals surface area contributed by atoms with Crippen LogP contribution in [0.5, 0.6) is 0 Å². The number of nitrogens with zero attached hydrogens (tertiary/aromatic N) is 1. The van der Waals surface area contributed by atoms with E-state index in [2.05, 4.69) is 10.1 Å². The van der Waals surface area contributed by atoms with Crippen molar-refractivity contribution in [2.45, 2.75) is 24.8 Å². The number of rotatable bonds is 3. The Bertz CT molecular complexity index is 607. The lowest BCUT2D eigenvalue weighted by Gasteiger charge is -2.30. The number of aryl methyl sites for hydroxylation is 1. The van der Waals surface area contributed by atoms with Gasteiger partial charge in [0, 0.05) is 31.7 Å². The van der Waals surface area contributed by atoms with Crippen LogP contribution in [-0.4, -0.2) is 51.5 Å². The number of hydrogen-bond acceptors (Lipinski definition) is 6. The van der Waals surface area contributed by atoms with E-state index in [9.17, 15) is 13.2 Å². The Morgan fingerprint density at radius 3 is 2.85 bits per heavy atom. The highest BCUT2D eigenvalue weighted by Crippen LogP contribution is 2.24. The summed E-state index contributed by atoms with van der Waals surface area (Å²) < 4.78 is 36.2. The molecule has 0 spiro atoms. The van der Waals surface area contributed by atoms with Gasteiger partial charge in [0.05, 0.1) is 7.11 Å². The maximum Gasteiger partial charge on any atom is 0.373 e. The summed E-state index contributed by atoms with van der Waals surface area (Å²) in [6.45, 7) is 4.82. The Kier molecular flexibility index (Phi) is 4.17. The number of ether oxygens (including phenoxy) is 1. The number of methoxy groups -OCH3 is 1. The van der Waals surface area contributed by atoms with Crippen LogP contribution in [0.25, 0.3) is 0 Å². The summed E-state index contributed by atoms with van der Waals surface area (Å²) in [7, 11) is -2.44. The normalized spacial score (nSPS) is 20.9. The van der Waals surface area contributed by atoms with Crippen LogP contribution in [0.15, 0.2) is 15.4 Å². The van der Waals surface area contributed by atoms with Crippen molar-refractivity contribution in [1.29, 1.82) is 0 Å². The molecule has 0 saturated carbocycles. The molecule has 2 rings (SSSR count). The average molecular weight is 302 g/mol. The molecule has 0 aliphatic carbocycles. The highest BCUT2D eigenvalue weighted by Gasteiger charge is 2.32. The third-order valence-electron chi connectivity index (χ3n) is 3.21. The van der Waals surface area contributed by atoms with Crippen LogP contribution in [0.1, 0.15) is 23.2 Å². The molecular weight excluding hydrogens is 284 g/mol. The largest absolute Gasteiger partial charge is 0.463 e. The van der Waals surface area contributed by atoms with Crippen molar-refractivity contribution in [2.24, 2.45) is 0 Å². The zero-order chi connectivity index (χ0) is 14.9. The monoisotopic (exact) mass is 302 g/mol. The second-order valence-electron chi connectivity index (χ2n) is 4.74. The molecule has 0 radical (unpaired) electrons. The number of nitrogens with one attached hydrogen (secondary N) is 1. The van der Waals surface area contributed by atoms with Gasteiger partial charge in [0.2, 0.25) is 15.8 Å². The molecule has 0 aromatic carbocycles. The SMILES string of the molecule is COC(=O)c1cc(S(=O)(=O)N2CCNC(C)C2)c(C)o1. The Labute approximate surface area is 117 Å². The van der Waals surface area contributed by atoms with Crippen LogP contribution in [0.4, 0.5) is 0 Å². The molecular formula is C12H18N2O5S. The summed E-state index contributed by atoms with van der Waals surface area (Å²) in [5.41, 5.74) is 0. The minimum Gasteiger partial charge on any atom is -0.463 e. The first-order valence-electron chi connectivity index (χ1n) is 6.28. The van der Waals surface area contributed by atoms with E-state index in [0.29, 0.717) is 19.6 Å². The Balaban J connectivity index is 2.34. The van der Waals surface area contributed by atoms with E-state index in [1.807, 2.05) is 6.92 Å². The molecule has 112 valence electrons. The molecule has 1 aromatic heterocycles. The smallest absolute Gasteiger partial charge is 0.373 e. The second-order valence-corrected chi connectivity index (χ2v) is 6.65. The molecule has 1 aliphatic rings. The number of furan rings is 1. The lowest BCUT2D eigenvalue weighted by Crippen LogP contribution is -2.51. The van der Waals surface area contributed by atoms with Gasteiger partial charge in [0.15, 0.2) is 0 Å². The number of esters is 1. The van der Waals surface area contributed by atoms with Crippen molar-refractivity contribution >= 4 is 16.0 Å². The molecule has 1 saturated heterocycles. The van der Waals surface area contributed by atoms with Crippen molar-refractivity contribution in [2.75, 3.05) is 26.7 Å². The maximum absolute atomic E-state index is 12.6. The predicted molar refractivity (Wildman–Crippen MR) is 71.0 cm³/mol. The first-order valence-corrected chi connectivity index (χ1v) is 7.72. The summed E-state index contributed by atoms with van der Waals surface area (Å²) >= 11 is 0. The molecule has 0 amide bonds. The van der Waals surface area contributed by atoms with Crippen LogP contribution in [0.3, 0.4) is 0 Å². The number of piperazine rings is 1. The Hall–Kier alpha value is -1.38. The minimum absolute atomic E-state index is 0.0204. The Morgan fingerprint density at radius 1 is 1.55 bits per heavy atom. The van der Waals surface area contributed by atoms with Crippen molar-refractivity contribution < 1.29 is 22.4 Å². The van der Waals surface area contributed by atoms with Gasteiger partial charge < -0.3 is 14.5 Å². The third kappa shape index (κ3) is 2.72. The minimum atomic E-state index is -3.65. The Morgan fingerprint density at radius 2 is 2.25 bits per heavy atom. The van der Waals surface area contributed by atoms with E-state index < -0.39 is 16.0 Å². The highest BCUT2D eigenvalue weighted by molar-refractivity contribution is 7.89. The van der Waals surface area contributed by atoms with Gasteiger partial charge in [-0.15, -0.1) is 0 Å². The van der Waals surface area contributed by atoms with Crippen molar-refractivity contribution in [1.82, 2.24) is 9.62 Å². The standard InChI is InChI=1S/C12H18N2O5S/c1-8-7-14(5-4-13-8)20(16,17)11-6-10(12(15)18-3)19-9(11)2/h6,8,13H,4-5,7H2,1-3H3. The van der Waals surface area contributed by atoms with Crippen LogP contribution < -0.4 is 5.32 Å². The van der Waals surface area contributed by atoms with Crippen LogP contribution in [-0.2, 0) is 14.8 Å². The molecule has 0 bridgehead atoms. The second kappa shape index (κ2) is 5.55. The summed E-state index contributed by atoms with van der Waals surface area (Å²) in [4.78, 5) is 11.4. The lowest BCUT2D eigenvalue weighted by atomic mass is 10.3. The number of sulfonamides is 1. The van der Waals surface area contributed by atoms with Gasteiger partial charge in [-0.2, -0.15) is 4.31 Å². The summed E-state index contributed by atoms with van der Waals surface area (Å²) in [6.07, 6.45) is 0. The number of carbonyl (C=O) groups is 1. The molecule has 1 aliphatic heterocycles. The van der Waals surface area contributed by atoms with E-state index in [0.717, 1.165) is 0 Å². The quantitative estimate of drug-likeness (QED) is 0.811. The van der Waals surface area contributed by atoms with Crippen molar-refractivity contribution in [3.63, 3.8) is 0 Å². The molecule has 7 nitrogen and oxygen atoms in total. The molecule has 2 heterocycles. The van der Waals surface area contributed by atoms with Gasteiger partial charge in [-0.25, -0.2) is 13.2 Å². The summed E-state index contributed by atoms with van der Waals surface area (Å²) in [5.74, 6) is -0.605. The first-order chi connectivity index (χ1) is 9.36. The van der Waals surface area contributed by atoms with Gasteiger partial charge in [-0.1, -0.05) is 0 Å². The molecule has 1 unspecified atom stereocenters. The van der Waals surface area contributed by atoms with Gasteiger partial charge in [0.25, 0.3) is 0 Å². The molecule has 8 heteroatoms. The summed E-state index contributed by atoms with van der Waals surface area (Å²) in [5, 5.41) is 3.18. The molecule has 1 aromatic rings. The van der Waals surface area contributed by atoms with E-state index in [-0.39, 0.29) is 22.5 Å². The fraction of sp³-hybridized carbons (Fsp3) is 0.583. The van der Waals surface area contributed by atoms with E-state index in [1.165, 1.54) is 24.4 Å². The van der Waals surface area contributed by atoms with Gasteiger partial charge in [-0.3, -0.25) is 0 Å². The lowest BCUT2D eigenvalue weighted by molar-refractivity contribution is 0.0563. The molecule has 1 fully saturated rings. The predicted octanol–water partition coefficient (Wildman–Crippen LogP) is 0.357. The third-order valence-corrected chi connectivity index (χ3v) is 5.18. The molecule has 1 N–H and O–H groups in total. The first kappa shape index (κ1) is 15.0. The molecule has 20 heavy (non-hydrogen) atoms. The fourth-order valence-corrected chi connectivity index (χ4v) is 3.87. The van der Waals surface area contributed by atoms with Crippen molar-refractivity contribution in [3.05, 3.63) is 17.6 Å². The zero-order valence-corrected chi connectivity index (χ0v) is 12.5. The highest BCUT2D eigenvalue weighted by atomic mass is 32.2. The average Bonchev–Trinajstić information content (AvgIpc) is 2.80.